The number of aryl methyl sites for hydroxylation is 1. The van der Waals surface area contributed by atoms with E-state index in [9.17, 15) is 0 Å². The van der Waals surface area contributed by atoms with Crippen LogP contribution in [0.2, 0.25) is 0 Å². The zero-order valence-electron chi connectivity index (χ0n) is 7.25. The molecule has 0 N–H and O–H groups in total. The van der Waals surface area contributed by atoms with Gasteiger partial charge in [-0.3, -0.25) is 4.98 Å². The average Bonchev–Trinajstić information content (AvgIpc) is 2.09. The zero-order valence-corrected chi connectivity index (χ0v) is 8.82. The summed E-state index contributed by atoms with van der Waals surface area (Å²) in [5, 5.41) is 0.466. The Morgan fingerprint density at radius 1 is 1.67 bits per heavy atom. The summed E-state index contributed by atoms with van der Waals surface area (Å²) < 4.78 is 0. The summed E-state index contributed by atoms with van der Waals surface area (Å²) in [4.78, 5) is 5.31. The minimum atomic E-state index is 0.466. The normalized spacial score (nSPS) is 12.9. The van der Waals surface area contributed by atoms with Crippen LogP contribution in [0.15, 0.2) is 23.4 Å². The smallest absolute Gasteiger partial charge is 0.0343 e. The third kappa shape index (κ3) is 2.68. The fourth-order valence-corrected chi connectivity index (χ4v) is 1.90. The minimum absolute atomic E-state index is 0.466. The fourth-order valence-electron chi connectivity index (χ4n) is 0.841. The van der Waals surface area contributed by atoms with E-state index in [0.717, 1.165) is 0 Å². The molecule has 12 heavy (non-hydrogen) atoms. The van der Waals surface area contributed by atoms with Crippen LogP contribution in [0, 0.1) is 6.92 Å². The molecule has 1 unspecified atom stereocenters. The van der Waals surface area contributed by atoms with Crippen molar-refractivity contribution >= 4 is 23.4 Å². The maximum Gasteiger partial charge on any atom is 0.0343 e. The zero-order chi connectivity index (χ0) is 8.97. The second kappa shape index (κ2) is 4.73. The summed E-state index contributed by atoms with van der Waals surface area (Å²) >= 11 is 7.52. The van der Waals surface area contributed by atoms with Crippen LogP contribution in [0.4, 0.5) is 0 Å². The lowest BCUT2D eigenvalue weighted by Crippen LogP contribution is -1.97. The SMILES string of the molecule is Cc1cnccc1SC(C)CCl. The van der Waals surface area contributed by atoms with Crippen molar-refractivity contribution in [1.29, 1.82) is 0 Å². The molecule has 1 atom stereocenters. The molecule has 1 aromatic heterocycles. The number of rotatable bonds is 3. The molecule has 0 saturated heterocycles. The molecule has 0 aliphatic carbocycles. The van der Waals surface area contributed by atoms with Crippen molar-refractivity contribution in [2.24, 2.45) is 0 Å². The van der Waals surface area contributed by atoms with Crippen LogP contribution >= 0.6 is 23.4 Å². The summed E-state index contributed by atoms with van der Waals surface area (Å²) in [6, 6.07) is 2.03. The van der Waals surface area contributed by atoms with Crippen molar-refractivity contribution in [3.05, 3.63) is 24.0 Å². The van der Waals surface area contributed by atoms with Gasteiger partial charge in [0.25, 0.3) is 0 Å². The molecular weight excluding hydrogens is 190 g/mol. The van der Waals surface area contributed by atoms with E-state index in [2.05, 4.69) is 18.8 Å². The van der Waals surface area contributed by atoms with E-state index in [4.69, 9.17) is 11.6 Å². The van der Waals surface area contributed by atoms with Crippen LogP contribution in [0.1, 0.15) is 12.5 Å². The highest BCUT2D eigenvalue weighted by molar-refractivity contribution is 8.00. The van der Waals surface area contributed by atoms with Gasteiger partial charge in [-0.05, 0) is 18.6 Å². The molecule has 0 bridgehead atoms. The Hall–Kier alpha value is -0.210. The maximum absolute atomic E-state index is 5.72. The fraction of sp³-hybridized carbons (Fsp3) is 0.444. The number of hydrogen-bond acceptors (Lipinski definition) is 2. The predicted molar refractivity (Wildman–Crippen MR) is 55.0 cm³/mol. The van der Waals surface area contributed by atoms with Crippen LogP contribution in [0.3, 0.4) is 0 Å². The first-order valence-corrected chi connectivity index (χ1v) is 5.28. The number of hydrogen-bond donors (Lipinski definition) is 0. The molecule has 0 saturated carbocycles. The van der Waals surface area contributed by atoms with Gasteiger partial charge in [0.15, 0.2) is 0 Å². The molecule has 1 nitrogen and oxygen atoms in total. The van der Waals surface area contributed by atoms with Crippen LogP contribution in [0.25, 0.3) is 0 Å². The highest BCUT2D eigenvalue weighted by Crippen LogP contribution is 2.25. The third-order valence-corrected chi connectivity index (χ3v) is 3.44. The number of halogens is 1. The van der Waals surface area contributed by atoms with E-state index in [1.54, 1.807) is 11.8 Å². The molecule has 0 spiro atoms. The van der Waals surface area contributed by atoms with Crippen molar-refractivity contribution in [2.75, 3.05) is 5.88 Å². The van der Waals surface area contributed by atoms with E-state index in [1.165, 1.54) is 10.5 Å². The number of thioether (sulfide) groups is 1. The van der Waals surface area contributed by atoms with Gasteiger partial charge in [0.05, 0.1) is 0 Å². The van der Waals surface area contributed by atoms with Gasteiger partial charge in [0.2, 0.25) is 0 Å². The van der Waals surface area contributed by atoms with Gasteiger partial charge in [-0.25, -0.2) is 0 Å². The second-order valence-electron chi connectivity index (χ2n) is 2.72. The van der Waals surface area contributed by atoms with Crippen LogP contribution in [-0.4, -0.2) is 16.1 Å². The van der Waals surface area contributed by atoms with Gasteiger partial charge in [0.1, 0.15) is 0 Å². The second-order valence-corrected chi connectivity index (χ2v) is 4.51. The molecule has 3 heteroatoms. The average molecular weight is 202 g/mol. The molecule has 0 aliphatic rings. The van der Waals surface area contributed by atoms with Crippen molar-refractivity contribution in [3.63, 3.8) is 0 Å². The Balaban J connectivity index is 2.69. The van der Waals surface area contributed by atoms with Crippen molar-refractivity contribution in [2.45, 2.75) is 24.0 Å². The van der Waals surface area contributed by atoms with Gasteiger partial charge >= 0.3 is 0 Å². The number of pyridine rings is 1. The van der Waals surface area contributed by atoms with Crippen molar-refractivity contribution in [3.8, 4) is 0 Å². The summed E-state index contributed by atoms with van der Waals surface area (Å²) in [5.74, 6) is 0.687. The third-order valence-electron chi connectivity index (χ3n) is 1.51. The summed E-state index contributed by atoms with van der Waals surface area (Å²) in [6.45, 7) is 4.19. The molecule has 0 aliphatic heterocycles. The highest BCUT2D eigenvalue weighted by atomic mass is 35.5. The first kappa shape index (κ1) is 9.87. The number of aromatic nitrogens is 1. The quantitative estimate of drug-likeness (QED) is 0.551. The lowest BCUT2D eigenvalue weighted by Gasteiger charge is -2.08. The minimum Gasteiger partial charge on any atom is -0.264 e. The Bertz CT molecular complexity index is 252. The lowest BCUT2D eigenvalue weighted by atomic mass is 10.3. The largest absolute Gasteiger partial charge is 0.264 e. The molecule has 0 fully saturated rings. The Morgan fingerprint density at radius 2 is 2.42 bits per heavy atom. The van der Waals surface area contributed by atoms with Crippen molar-refractivity contribution < 1.29 is 0 Å². The lowest BCUT2D eigenvalue weighted by molar-refractivity contribution is 1.10. The Morgan fingerprint density at radius 3 is 3.00 bits per heavy atom. The van der Waals surface area contributed by atoms with Gasteiger partial charge in [-0.2, -0.15) is 0 Å². The first-order chi connectivity index (χ1) is 5.74. The number of nitrogens with zero attached hydrogens (tertiary/aromatic N) is 1. The molecule has 0 amide bonds. The summed E-state index contributed by atoms with van der Waals surface area (Å²) in [6.07, 6.45) is 3.69. The van der Waals surface area contributed by atoms with E-state index in [-0.39, 0.29) is 0 Å². The molecular formula is C9H12ClNS. The van der Waals surface area contributed by atoms with Crippen LogP contribution < -0.4 is 0 Å². The Kier molecular flexibility index (Phi) is 3.89. The highest BCUT2D eigenvalue weighted by Gasteiger charge is 2.04. The van der Waals surface area contributed by atoms with E-state index in [1.807, 2.05) is 18.5 Å². The summed E-state index contributed by atoms with van der Waals surface area (Å²) in [7, 11) is 0. The van der Waals surface area contributed by atoms with Crippen LogP contribution in [-0.2, 0) is 0 Å². The van der Waals surface area contributed by atoms with E-state index >= 15 is 0 Å². The van der Waals surface area contributed by atoms with Gasteiger partial charge in [-0.1, -0.05) is 6.92 Å². The predicted octanol–water partition coefficient (Wildman–Crippen LogP) is 3.11. The van der Waals surface area contributed by atoms with Crippen molar-refractivity contribution in [1.82, 2.24) is 4.98 Å². The van der Waals surface area contributed by atoms with E-state index in [0.29, 0.717) is 11.1 Å². The van der Waals surface area contributed by atoms with Gasteiger partial charge < -0.3 is 0 Å². The van der Waals surface area contributed by atoms with E-state index < -0.39 is 0 Å². The topological polar surface area (TPSA) is 12.9 Å². The first-order valence-electron chi connectivity index (χ1n) is 3.87. The van der Waals surface area contributed by atoms with Gasteiger partial charge in [0, 0.05) is 28.4 Å². The Labute approximate surface area is 82.5 Å². The molecule has 0 aromatic carbocycles. The maximum atomic E-state index is 5.72. The monoisotopic (exact) mass is 201 g/mol. The molecule has 1 heterocycles. The standard InChI is InChI=1S/C9H12ClNS/c1-7-6-11-4-3-9(7)12-8(2)5-10/h3-4,6,8H,5H2,1-2H3. The molecule has 1 rings (SSSR count). The number of alkyl halides is 1. The van der Waals surface area contributed by atoms with Crippen LogP contribution in [0.5, 0.6) is 0 Å². The summed E-state index contributed by atoms with van der Waals surface area (Å²) in [5.41, 5.74) is 1.22. The van der Waals surface area contributed by atoms with Gasteiger partial charge in [-0.15, -0.1) is 23.4 Å². The molecule has 1 aromatic rings. The molecule has 66 valence electrons. The molecule has 0 radical (unpaired) electrons.